The molecule has 0 spiro atoms. The normalized spacial score (nSPS) is 16.6. The number of phosphoric ester groups is 1. The molecule has 8 nitrogen and oxygen atoms in total. The van der Waals surface area contributed by atoms with E-state index in [1.165, 1.54) is 0 Å². The molecule has 2 N–H and O–H groups in total. The Morgan fingerprint density at radius 1 is 1.00 bits per heavy atom. The van der Waals surface area contributed by atoms with E-state index >= 15 is 0 Å². The molecule has 0 heterocycles. The van der Waals surface area contributed by atoms with E-state index in [0.717, 1.165) is 5.56 Å². The Kier molecular flexibility index (Phi) is 11.0. The highest BCUT2D eigenvalue weighted by atomic mass is 31.2. The lowest BCUT2D eigenvalue weighted by atomic mass is 10.2. The molecule has 1 rings (SSSR count). The van der Waals surface area contributed by atoms with Gasteiger partial charge in [0, 0.05) is 13.1 Å². The third-order valence-corrected chi connectivity index (χ3v) is 7.52. The molecule has 1 aromatic carbocycles. The molecular weight excluding hydrogens is 392 g/mol. The molecule has 0 aliphatic rings. The van der Waals surface area contributed by atoms with Crippen LogP contribution in [0.4, 0.5) is 0 Å². The Balaban J connectivity index is 2.92. The van der Waals surface area contributed by atoms with Crippen LogP contribution in [0, 0.1) is 0 Å². The minimum Gasteiger partial charge on any atom is -0.312 e. The van der Waals surface area contributed by atoms with E-state index in [-0.39, 0.29) is 26.4 Å². The van der Waals surface area contributed by atoms with E-state index in [0.29, 0.717) is 6.54 Å². The first-order valence-corrected chi connectivity index (χ1v) is 12.2. The molecule has 0 fully saturated rings. The van der Waals surface area contributed by atoms with Gasteiger partial charge in [0.2, 0.25) is 0 Å². The summed E-state index contributed by atoms with van der Waals surface area (Å²) in [6.45, 7) is 7.69. The smallest absolute Gasteiger partial charge is 0.312 e. The fourth-order valence-electron chi connectivity index (χ4n) is 2.56. The van der Waals surface area contributed by atoms with Gasteiger partial charge in [-0.05, 0) is 33.3 Å². The maximum atomic E-state index is 13.3. The average Bonchev–Trinajstić information content (AvgIpc) is 2.59. The van der Waals surface area contributed by atoms with Crippen molar-refractivity contribution in [3.63, 3.8) is 0 Å². The predicted octanol–water partition coefficient (Wildman–Crippen LogP) is 3.95. The van der Waals surface area contributed by atoms with Crippen molar-refractivity contribution in [3.8, 4) is 0 Å². The minimum absolute atomic E-state index is 0.0198. The highest BCUT2D eigenvalue weighted by molar-refractivity contribution is 7.54. The summed E-state index contributed by atoms with van der Waals surface area (Å²) in [7, 11) is -7.85. The van der Waals surface area contributed by atoms with Crippen molar-refractivity contribution in [1.29, 1.82) is 0 Å². The fraction of sp³-hybridized carbons (Fsp3) is 0.647. The number of phosphoric acid groups is 1. The van der Waals surface area contributed by atoms with Crippen molar-refractivity contribution in [1.82, 2.24) is 5.32 Å². The molecule has 0 saturated heterocycles. The van der Waals surface area contributed by atoms with Crippen LogP contribution in [0.3, 0.4) is 0 Å². The standard InChI is InChI=1S/C17H31NO7P2/c1-5-22-26(19,23-6-2)17(15(4)25-27(20,21)24-7-3)14-18-13-16-11-9-8-10-12-16/h8-12,15,17-18H,5-7,13-14H2,1-4H3,(H,20,21). The average molecular weight is 423 g/mol. The summed E-state index contributed by atoms with van der Waals surface area (Å²) in [6, 6.07) is 9.70. The van der Waals surface area contributed by atoms with Crippen LogP contribution in [0.2, 0.25) is 0 Å². The van der Waals surface area contributed by atoms with Gasteiger partial charge in [-0.1, -0.05) is 30.3 Å². The van der Waals surface area contributed by atoms with Crippen LogP contribution >= 0.6 is 15.4 Å². The molecule has 1 aromatic rings. The van der Waals surface area contributed by atoms with Crippen molar-refractivity contribution in [2.75, 3.05) is 26.4 Å². The van der Waals surface area contributed by atoms with Gasteiger partial charge < -0.3 is 19.3 Å². The van der Waals surface area contributed by atoms with E-state index in [2.05, 4.69) is 5.32 Å². The van der Waals surface area contributed by atoms with Gasteiger partial charge in [0.1, 0.15) is 5.66 Å². The first-order chi connectivity index (χ1) is 12.8. The van der Waals surface area contributed by atoms with Gasteiger partial charge in [0.05, 0.1) is 25.9 Å². The predicted molar refractivity (Wildman–Crippen MR) is 105 cm³/mol. The molecule has 0 bridgehead atoms. The second-order valence-electron chi connectivity index (χ2n) is 5.76. The lowest BCUT2D eigenvalue weighted by molar-refractivity contribution is 0.103. The van der Waals surface area contributed by atoms with Crippen LogP contribution in [0.1, 0.15) is 33.3 Å². The molecule has 0 radical (unpaired) electrons. The number of nitrogens with one attached hydrogen (secondary N) is 1. The van der Waals surface area contributed by atoms with E-state index < -0.39 is 27.2 Å². The second-order valence-corrected chi connectivity index (χ2v) is 9.42. The summed E-state index contributed by atoms with van der Waals surface area (Å²) in [5.41, 5.74) is 0.261. The molecule has 0 aromatic heterocycles. The maximum Gasteiger partial charge on any atom is 0.472 e. The van der Waals surface area contributed by atoms with Gasteiger partial charge in [-0.15, -0.1) is 0 Å². The van der Waals surface area contributed by atoms with Gasteiger partial charge in [0.25, 0.3) is 0 Å². The van der Waals surface area contributed by atoms with Crippen LogP contribution in [-0.4, -0.2) is 43.0 Å². The number of hydrogen-bond donors (Lipinski definition) is 2. The van der Waals surface area contributed by atoms with E-state index in [9.17, 15) is 14.0 Å². The minimum atomic E-state index is -4.26. The fourth-order valence-corrected chi connectivity index (χ4v) is 5.71. The van der Waals surface area contributed by atoms with Gasteiger partial charge in [-0.3, -0.25) is 13.6 Å². The SMILES string of the molecule is CCOP(=O)(O)OC(C)C(CNCc1ccccc1)P(=O)(OCC)OCC. The zero-order valence-corrected chi connectivity index (χ0v) is 18.2. The first-order valence-electron chi connectivity index (χ1n) is 9.07. The zero-order valence-electron chi connectivity index (χ0n) is 16.4. The molecule has 0 aliphatic carbocycles. The lowest BCUT2D eigenvalue weighted by Gasteiger charge is -2.31. The summed E-state index contributed by atoms with van der Waals surface area (Å²) in [6.07, 6.45) is -0.903. The van der Waals surface area contributed by atoms with Gasteiger partial charge >= 0.3 is 15.4 Å². The summed E-state index contributed by atoms with van der Waals surface area (Å²) >= 11 is 0. The van der Waals surface area contributed by atoms with Crippen molar-refractivity contribution in [2.45, 2.75) is 46.0 Å². The van der Waals surface area contributed by atoms with Crippen molar-refractivity contribution < 1.29 is 32.1 Å². The Labute approximate surface area is 161 Å². The number of hydrogen-bond acceptors (Lipinski definition) is 7. The first kappa shape index (κ1) is 24.5. The Hall–Kier alpha value is -0.560. The Bertz CT molecular complexity index is 619. The van der Waals surface area contributed by atoms with Crippen LogP contribution < -0.4 is 5.32 Å². The van der Waals surface area contributed by atoms with Crippen molar-refractivity contribution in [2.24, 2.45) is 0 Å². The highest BCUT2D eigenvalue weighted by Crippen LogP contribution is 2.56. The summed E-state index contributed by atoms with van der Waals surface area (Å²) < 4.78 is 46.1. The molecule has 0 aliphatic heterocycles. The quantitative estimate of drug-likeness (QED) is 0.434. The largest absolute Gasteiger partial charge is 0.472 e. The van der Waals surface area contributed by atoms with Crippen molar-refractivity contribution >= 4 is 15.4 Å². The van der Waals surface area contributed by atoms with Crippen molar-refractivity contribution in [3.05, 3.63) is 35.9 Å². The van der Waals surface area contributed by atoms with Gasteiger partial charge in [-0.2, -0.15) is 0 Å². The molecule has 27 heavy (non-hydrogen) atoms. The number of rotatable bonds is 14. The van der Waals surface area contributed by atoms with Crippen LogP contribution in [0.25, 0.3) is 0 Å². The molecular formula is C17H31NO7P2. The zero-order chi connectivity index (χ0) is 20.3. The lowest BCUT2D eigenvalue weighted by Crippen LogP contribution is -2.37. The Morgan fingerprint density at radius 2 is 1.56 bits per heavy atom. The van der Waals surface area contributed by atoms with Crippen LogP contribution in [0.5, 0.6) is 0 Å². The Morgan fingerprint density at radius 3 is 2.07 bits per heavy atom. The molecule has 3 unspecified atom stereocenters. The molecule has 3 atom stereocenters. The molecule has 0 amide bonds. The van der Waals surface area contributed by atoms with E-state index in [1.54, 1.807) is 27.7 Å². The third kappa shape index (κ3) is 8.55. The highest BCUT2D eigenvalue weighted by Gasteiger charge is 2.42. The molecule has 10 heteroatoms. The second kappa shape index (κ2) is 12.1. The maximum absolute atomic E-state index is 13.3. The van der Waals surface area contributed by atoms with E-state index in [4.69, 9.17) is 18.1 Å². The summed E-state index contributed by atoms with van der Waals surface area (Å²) in [5.74, 6) is 0. The van der Waals surface area contributed by atoms with Gasteiger partial charge in [0.15, 0.2) is 0 Å². The third-order valence-electron chi connectivity index (χ3n) is 3.68. The van der Waals surface area contributed by atoms with Crippen LogP contribution in [0.15, 0.2) is 30.3 Å². The topological polar surface area (TPSA) is 103 Å². The molecule has 156 valence electrons. The summed E-state index contributed by atoms with van der Waals surface area (Å²) in [4.78, 5) is 9.78. The van der Waals surface area contributed by atoms with Gasteiger partial charge in [-0.25, -0.2) is 4.57 Å². The number of benzene rings is 1. The molecule has 0 saturated carbocycles. The van der Waals surface area contributed by atoms with E-state index in [1.807, 2.05) is 30.3 Å². The summed E-state index contributed by atoms with van der Waals surface area (Å²) in [5, 5.41) is 3.20. The van der Waals surface area contributed by atoms with Crippen LogP contribution in [-0.2, 0) is 33.8 Å². The monoisotopic (exact) mass is 423 g/mol.